The highest BCUT2D eigenvalue weighted by Crippen LogP contribution is 2.23. The van der Waals surface area contributed by atoms with Crippen LogP contribution in [0.4, 0.5) is 0 Å². The van der Waals surface area contributed by atoms with Crippen LogP contribution < -0.4 is 4.74 Å². The Morgan fingerprint density at radius 1 is 1.12 bits per heavy atom. The van der Waals surface area contributed by atoms with Crippen molar-refractivity contribution in [3.8, 4) is 5.75 Å². The number of thioether (sulfide) groups is 1. The monoisotopic (exact) mass is 245 g/mol. The van der Waals surface area contributed by atoms with Gasteiger partial charge in [0.15, 0.2) is 0 Å². The fraction of sp³-hybridized carbons (Fsp3) is 0.214. The summed E-state index contributed by atoms with van der Waals surface area (Å²) < 4.78 is 5.13. The van der Waals surface area contributed by atoms with Gasteiger partial charge in [0.25, 0.3) is 0 Å². The first-order valence-electron chi connectivity index (χ1n) is 5.46. The van der Waals surface area contributed by atoms with Gasteiger partial charge < -0.3 is 4.74 Å². The fourth-order valence-electron chi connectivity index (χ4n) is 1.43. The highest BCUT2D eigenvalue weighted by atomic mass is 32.2. The SMILES string of the molecule is COc1ccc(CSc2ccc(C)nc2)cc1. The van der Waals surface area contributed by atoms with Gasteiger partial charge >= 0.3 is 0 Å². The van der Waals surface area contributed by atoms with Crippen molar-refractivity contribution in [1.29, 1.82) is 0 Å². The van der Waals surface area contributed by atoms with Crippen molar-refractivity contribution >= 4 is 11.8 Å². The van der Waals surface area contributed by atoms with Crippen molar-refractivity contribution < 1.29 is 4.74 Å². The Kier molecular flexibility index (Phi) is 4.04. The second-order valence-electron chi connectivity index (χ2n) is 3.77. The molecule has 0 fully saturated rings. The van der Waals surface area contributed by atoms with Gasteiger partial charge in [0, 0.05) is 22.5 Å². The summed E-state index contributed by atoms with van der Waals surface area (Å²) in [5, 5.41) is 0. The zero-order valence-corrected chi connectivity index (χ0v) is 10.8. The first kappa shape index (κ1) is 12.0. The van der Waals surface area contributed by atoms with Crippen LogP contribution in [0.15, 0.2) is 47.5 Å². The van der Waals surface area contributed by atoms with E-state index in [0.717, 1.165) is 17.2 Å². The van der Waals surface area contributed by atoms with Crippen molar-refractivity contribution in [3.05, 3.63) is 53.9 Å². The fourth-order valence-corrected chi connectivity index (χ4v) is 2.25. The molecule has 0 saturated heterocycles. The van der Waals surface area contributed by atoms with Crippen LogP contribution in [-0.4, -0.2) is 12.1 Å². The van der Waals surface area contributed by atoms with Gasteiger partial charge in [-0.3, -0.25) is 4.98 Å². The molecule has 17 heavy (non-hydrogen) atoms. The third-order valence-electron chi connectivity index (χ3n) is 2.45. The van der Waals surface area contributed by atoms with Crippen LogP contribution in [0.25, 0.3) is 0 Å². The quantitative estimate of drug-likeness (QED) is 0.767. The molecule has 0 aliphatic rings. The number of benzene rings is 1. The number of rotatable bonds is 4. The van der Waals surface area contributed by atoms with Gasteiger partial charge in [-0.05, 0) is 36.8 Å². The predicted octanol–water partition coefficient (Wildman–Crippen LogP) is 3.69. The number of hydrogen-bond acceptors (Lipinski definition) is 3. The molecule has 0 aliphatic carbocycles. The van der Waals surface area contributed by atoms with E-state index in [2.05, 4.69) is 23.2 Å². The Bertz CT molecular complexity index is 465. The van der Waals surface area contributed by atoms with Crippen molar-refractivity contribution in [2.45, 2.75) is 17.6 Å². The van der Waals surface area contributed by atoms with Gasteiger partial charge in [0.2, 0.25) is 0 Å². The molecule has 1 aromatic heterocycles. The minimum absolute atomic E-state index is 0.899. The molecule has 0 amide bonds. The molecule has 88 valence electrons. The molecule has 2 rings (SSSR count). The number of aromatic nitrogens is 1. The van der Waals surface area contributed by atoms with Crippen LogP contribution in [0.3, 0.4) is 0 Å². The number of pyridine rings is 1. The molecule has 2 aromatic rings. The normalized spacial score (nSPS) is 10.2. The Labute approximate surface area is 106 Å². The summed E-state index contributed by atoms with van der Waals surface area (Å²) in [5.41, 5.74) is 2.34. The van der Waals surface area contributed by atoms with Crippen LogP contribution in [0.5, 0.6) is 5.75 Å². The maximum Gasteiger partial charge on any atom is 0.118 e. The van der Waals surface area contributed by atoms with Crippen LogP contribution in [-0.2, 0) is 5.75 Å². The number of nitrogens with zero attached hydrogens (tertiary/aromatic N) is 1. The topological polar surface area (TPSA) is 22.1 Å². The van der Waals surface area contributed by atoms with Crippen LogP contribution in [0.2, 0.25) is 0 Å². The molecule has 0 bridgehead atoms. The third kappa shape index (κ3) is 3.49. The lowest BCUT2D eigenvalue weighted by atomic mass is 10.2. The van der Waals surface area contributed by atoms with E-state index in [-0.39, 0.29) is 0 Å². The van der Waals surface area contributed by atoms with Crippen LogP contribution >= 0.6 is 11.8 Å². The lowest BCUT2D eigenvalue weighted by Gasteiger charge is -2.03. The average molecular weight is 245 g/mol. The lowest BCUT2D eigenvalue weighted by Crippen LogP contribution is -1.85. The standard InChI is InChI=1S/C14H15NOS/c1-11-3-8-14(9-15-11)17-10-12-4-6-13(16-2)7-5-12/h3-9H,10H2,1-2H3. The molecule has 0 aliphatic heterocycles. The molecule has 0 radical (unpaired) electrons. The Morgan fingerprint density at radius 2 is 1.88 bits per heavy atom. The van der Waals surface area contributed by atoms with Gasteiger partial charge in [-0.1, -0.05) is 12.1 Å². The first-order chi connectivity index (χ1) is 8.28. The number of ether oxygens (including phenoxy) is 1. The van der Waals surface area contributed by atoms with Crippen molar-refractivity contribution in [2.75, 3.05) is 7.11 Å². The number of aryl methyl sites for hydroxylation is 1. The highest BCUT2D eigenvalue weighted by Gasteiger charge is 1.97. The molecule has 2 nitrogen and oxygen atoms in total. The first-order valence-corrected chi connectivity index (χ1v) is 6.45. The molecular weight excluding hydrogens is 230 g/mol. The van der Waals surface area contributed by atoms with Crippen molar-refractivity contribution in [1.82, 2.24) is 4.98 Å². The Balaban J connectivity index is 1.95. The summed E-state index contributed by atoms with van der Waals surface area (Å²) in [6.45, 7) is 2.00. The lowest BCUT2D eigenvalue weighted by molar-refractivity contribution is 0.414. The number of methoxy groups -OCH3 is 1. The van der Waals surface area contributed by atoms with E-state index < -0.39 is 0 Å². The summed E-state index contributed by atoms with van der Waals surface area (Å²) in [4.78, 5) is 5.48. The average Bonchev–Trinajstić information content (AvgIpc) is 2.39. The number of hydrogen-bond donors (Lipinski definition) is 0. The molecule has 1 aromatic carbocycles. The minimum atomic E-state index is 0.899. The van der Waals surface area contributed by atoms with Crippen LogP contribution in [0.1, 0.15) is 11.3 Å². The summed E-state index contributed by atoms with van der Waals surface area (Å²) in [7, 11) is 1.68. The van der Waals surface area contributed by atoms with E-state index in [1.54, 1.807) is 18.9 Å². The molecule has 0 saturated carbocycles. The van der Waals surface area contributed by atoms with E-state index in [0.29, 0.717) is 0 Å². The van der Waals surface area contributed by atoms with Gasteiger partial charge in [-0.25, -0.2) is 0 Å². The highest BCUT2D eigenvalue weighted by molar-refractivity contribution is 7.98. The smallest absolute Gasteiger partial charge is 0.118 e. The zero-order valence-electron chi connectivity index (χ0n) is 10.0. The molecule has 1 heterocycles. The van der Waals surface area contributed by atoms with E-state index in [1.165, 1.54) is 10.5 Å². The van der Waals surface area contributed by atoms with Gasteiger partial charge in [0.05, 0.1) is 7.11 Å². The second kappa shape index (κ2) is 5.73. The molecule has 0 unspecified atom stereocenters. The van der Waals surface area contributed by atoms with E-state index in [1.807, 2.05) is 31.3 Å². The van der Waals surface area contributed by atoms with E-state index in [9.17, 15) is 0 Å². The largest absolute Gasteiger partial charge is 0.497 e. The van der Waals surface area contributed by atoms with E-state index >= 15 is 0 Å². The molecule has 0 atom stereocenters. The zero-order chi connectivity index (χ0) is 12.1. The summed E-state index contributed by atoms with van der Waals surface area (Å²) >= 11 is 1.79. The predicted molar refractivity (Wildman–Crippen MR) is 71.5 cm³/mol. The third-order valence-corrected chi connectivity index (χ3v) is 3.50. The Morgan fingerprint density at radius 3 is 2.47 bits per heavy atom. The molecule has 0 spiro atoms. The van der Waals surface area contributed by atoms with Crippen molar-refractivity contribution in [3.63, 3.8) is 0 Å². The van der Waals surface area contributed by atoms with Crippen molar-refractivity contribution in [2.24, 2.45) is 0 Å². The summed E-state index contributed by atoms with van der Waals surface area (Å²) in [5.74, 6) is 1.85. The maximum atomic E-state index is 5.13. The van der Waals surface area contributed by atoms with Gasteiger partial charge in [-0.15, -0.1) is 11.8 Å². The van der Waals surface area contributed by atoms with E-state index in [4.69, 9.17) is 4.74 Å². The Hall–Kier alpha value is -1.48. The molecule has 0 N–H and O–H groups in total. The molecular formula is C14H15NOS. The summed E-state index contributed by atoms with van der Waals surface area (Å²) in [6, 6.07) is 12.3. The maximum absolute atomic E-state index is 5.13. The minimum Gasteiger partial charge on any atom is -0.497 e. The van der Waals surface area contributed by atoms with Crippen LogP contribution in [0, 0.1) is 6.92 Å². The molecule has 3 heteroatoms. The second-order valence-corrected chi connectivity index (χ2v) is 4.82. The van der Waals surface area contributed by atoms with Gasteiger partial charge in [0.1, 0.15) is 5.75 Å². The summed E-state index contributed by atoms with van der Waals surface area (Å²) in [6.07, 6.45) is 1.92. The van der Waals surface area contributed by atoms with Gasteiger partial charge in [-0.2, -0.15) is 0 Å².